The van der Waals surface area contributed by atoms with Crippen molar-refractivity contribution in [2.24, 2.45) is 0 Å². The number of rotatable bonds is 4. The summed E-state index contributed by atoms with van der Waals surface area (Å²) in [4.78, 5) is 16.3. The number of hydrogen-bond acceptors (Lipinski definition) is 4. The number of nitrogens with zero attached hydrogens (tertiary/aromatic N) is 2. The molecule has 20 heavy (non-hydrogen) atoms. The first-order valence-corrected chi connectivity index (χ1v) is 6.85. The molecule has 0 saturated carbocycles. The molecule has 5 nitrogen and oxygen atoms in total. The number of aliphatic hydroxyl groups excluding tert-OH is 2. The van der Waals surface area contributed by atoms with Gasteiger partial charge in [-0.15, -0.1) is 0 Å². The van der Waals surface area contributed by atoms with Crippen LogP contribution in [0.3, 0.4) is 0 Å². The van der Waals surface area contributed by atoms with Gasteiger partial charge in [-0.05, 0) is 38.2 Å². The maximum Gasteiger partial charge on any atom is 0.254 e. The maximum atomic E-state index is 12.5. The molecule has 2 N–H and O–H groups in total. The normalized spacial score (nSPS) is 22.6. The summed E-state index contributed by atoms with van der Waals surface area (Å²) in [6, 6.07) is 7.00. The molecule has 0 aromatic heterocycles. The number of carbonyl (C=O) groups excluding carboxylic acids is 1. The Bertz CT molecular complexity index is 459. The zero-order chi connectivity index (χ0) is 14.7. The van der Waals surface area contributed by atoms with Gasteiger partial charge in [0.05, 0.1) is 12.7 Å². The molecule has 110 valence electrons. The van der Waals surface area contributed by atoms with E-state index in [1.54, 1.807) is 29.2 Å². The van der Waals surface area contributed by atoms with E-state index in [9.17, 15) is 9.90 Å². The SMILES string of the molecule is CN(C)CC1CC(O)CN1C(=O)c1ccc(CO)cc1. The fourth-order valence-electron chi connectivity index (χ4n) is 2.65. The van der Waals surface area contributed by atoms with Gasteiger partial charge in [-0.2, -0.15) is 0 Å². The van der Waals surface area contributed by atoms with Crippen LogP contribution in [0.5, 0.6) is 0 Å². The predicted molar refractivity (Wildman–Crippen MR) is 76.4 cm³/mol. The molecule has 1 amide bonds. The molecule has 1 heterocycles. The molecule has 0 spiro atoms. The molecule has 1 aromatic rings. The van der Waals surface area contributed by atoms with Gasteiger partial charge in [0.1, 0.15) is 0 Å². The summed E-state index contributed by atoms with van der Waals surface area (Å²) in [5.41, 5.74) is 1.38. The zero-order valence-electron chi connectivity index (χ0n) is 12.0. The van der Waals surface area contributed by atoms with E-state index >= 15 is 0 Å². The van der Waals surface area contributed by atoms with E-state index in [1.165, 1.54) is 0 Å². The Labute approximate surface area is 119 Å². The first kappa shape index (κ1) is 15.0. The van der Waals surface area contributed by atoms with Crippen molar-refractivity contribution in [3.05, 3.63) is 35.4 Å². The standard InChI is InChI=1S/C15H22N2O3/c1-16(2)8-13-7-14(19)9-17(13)15(20)12-5-3-11(10-18)4-6-12/h3-6,13-14,18-19H,7-10H2,1-2H3. The molecule has 0 radical (unpaired) electrons. The van der Waals surface area contributed by atoms with Gasteiger partial charge >= 0.3 is 0 Å². The van der Waals surface area contributed by atoms with Crippen LogP contribution in [0.15, 0.2) is 24.3 Å². The van der Waals surface area contributed by atoms with Crippen molar-refractivity contribution in [3.63, 3.8) is 0 Å². The summed E-state index contributed by atoms with van der Waals surface area (Å²) in [5.74, 6) is -0.0575. The topological polar surface area (TPSA) is 64.0 Å². The highest BCUT2D eigenvalue weighted by Gasteiger charge is 2.34. The first-order valence-electron chi connectivity index (χ1n) is 6.85. The molecule has 2 unspecified atom stereocenters. The van der Waals surface area contributed by atoms with E-state index in [0.29, 0.717) is 18.5 Å². The van der Waals surface area contributed by atoms with E-state index in [1.807, 2.05) is 19.0 Å². The molecule has 1 aliphatic rings. The van der Waals surface area contributed by atoms with Crippen molar-refractivity contribution in [1.82, 2.24) is 9.80 Å². The largest absolute Gasteiger partial charge is 0.392 e. The second-order valence-electron chi connectivity index (χ2n) is 5.62. The minimum atomic E-state index is -0.444. The van der Waals surface area contributed by atoms with Crippen molar-refractivity contribution < 1.29 is 15.0 Å². The Morgan fingerprint density at radius 1 is 1.35 bits per heavy atom. The van der Waals surface area contributed by atoms with E-state index in [2.05, 4.69) is 0 Å². The predicted octanol–water partition coefficient (Wildman–Crippen LogP) is 0.316. The molecule has 2 rings (SSSR count). The Hall–Kier alpha value is -1.43. The Kier molecular flexibility index (Phi) is 4.75. The number of amides is 1. The van der Waals surface area contributed by atoms with Gasteiger partial charge in [0, 0.05) is 24.7 Å². The highest BCUT2D eigenvalue weighted by Crippen LogP contribution is 2.21. The van der Waals surface area contributed by atoms with Gasteiger partial charge < -0.3 is 20.0 Å². The third-order valence-electron chi connectivity index (χ3n) is 3.61. The second kappa shape index (κ2) is 6.35. The van der Waals surface area contributed by atoms with Crippen molar-refractivity contribution in [2.75, 3.05) is 27.2 Å². The van der Waals surface area contributed by atoms with E-state index in [4.69, 9.17) is 5.11 Å². The molecule has 1 aromatic carbocycles. The van der Waals surface area contributed by atoms with E-state index in [-0.39, 0.29) is 18.6 Å². The first-order chi connectivity index (χ1) is 9.51. The minimum absolute atomic E-state index is 0.0276. The highest BCUT2D eigenvalue weighted by molar-refractivity contribution is 5.94. The van der Waals surface area contributed by atoms with Crippen LogP contribution in [0.4, 0.5) is 0 Å². The third-order valence-corrected chi connectivity index (χ3v) is 3.61. The van der Waals surface area contributed by atoms with Crippen molar-refractivity contribution in [2.45, 2.75) is 25.2 Å². The van der Waals surface area contributed by atoms with Gasteiger partial charge in [0.2, 0.25) is 0 Å². The molecule has 1 fully saturated rings. The van der Waals surface area contributed by atoms with Crippen molar-refractivity contribution in [3.8, 4) is 0 Å². The van der Waals surface area contributed by atoms with Crippen molar-refractivity contribution in [1.29, 1.82) is 0 Å². The monoisotopic (exact) mass is 278 g/mol. The molecule has 1 saturated heterocycles. The summed E-state index contributed by atoms with van der Waals surface area (Å²) in [5, 5.41) is 18.8. The smallest absolute Gasteiger partial charge is 0.254 e. The molecular formula is C15H22N2O3. The lowest BCUT2D eigenvalue weighted by molar-refractivity contribution is 0.0699. The summed E-state index contributed by atoms with van der Waals surface area (Å²) < 4.78 is 0. The van der Waals surface area contributed by atoms with Gasteiger partial charge in [0.25, 0.3) is 5.91 Å². The molecule has 1 aliphatic heterocycles. The lowest BCUT2D eigenvalue weighted by atomic mass is 10.1. The summed E-state index contributed by atoms with van der Waals surface area (Å²) in [6.45, 7) is 1.11. The Morgan fingerprint density at radius 2 is 2.00 bits per heavy atom. The van der Waals surface area contributed by atoms with Gasteiger partial charge in [-0.1, -0.05) is 12.1 Å². The van der Waals surface area contributed by atoms with Gasteiger partial charge in [-0.3, -0.25) is 4.79 Å². The molecule has 0 aliphatic carbocycles. The van der Waals surface area contributed by atoms with Crippen LogP contribution in [0.2, 0.25) is 0 Å². The van der Waals surface area contributed by atoms with E-state index < -0.39 is 6.10 Å². The van der Waals surface area contributed by atoms with Crippen LogP contribution < -0.4 is 0 Å². The van der Waals surface area contributed by atoms with Crippen LogP contribution in [-0.4, -0.2) is 65.3 Å². The number of likely N-dealkylation sites (N-methyl/N-ethyl adjacent to an activating group) is 1. The molecule has 0 bridgehead atoms. The fraction of sp³-hybridized carbons (Fsp3) is 0.533. The number of likely N-dealkylation sites (tertiary alicyclic amines) is 1. The number of benzene rings is 1. The zero-order valence-corrected chi connectivity index (χ0v) is 12.0. The average molecular weight is 278 g/mol. The summed E-state index contributed by atoms with van der Waals surface area (Å²) >= 11 is 0. The fourth-order valence-corrected chi connectivity index (χ4v) is 2.65. The minimum Gasteiger partial charge on any atom is -0.392 e. The maximum absolute atomic E-state index is 12.5. The summed E-state index contributed by atoms with van der Waals surface area (Å²) in [7, 11) is 3.92. The summed E-state index contributed by atoms with van der Waals surface area (Å²) in [6.07, 6.45) is 0.180. The Morgan fingerprint density at radius 3 is 2.55 bits per heavy atom. The van der Waals surface area contributed by atoms with Crippen molar-refractivity contribution >= 4 is 5.91 Å². The molecular weight excluding hydrogens is 256 g/mol. The van der Waals surface area contributed by atoms with Crippen LogP contribution in [0.25, 0.3) is 0 Å². The van der Waals surface area contributed by atoms with Crippen LogP contribution in [0.1, 0.15) is 22.3 Å². The average Bonchev–Trinajstić information content (AvgIpc) is 2.78. The Balaban J connectivity index is 2.13. The van der Waals surface area contributed by atoms with Crippen LogP contribution in [-0.2, 0) is 6.61 Å². The van der Waals surface area contributed by atoms with E-state index in [0.717, 1.165) is 12.1 Å². The lowest BCUT2D eigenvalue weighted by Crippen LogP contribution is -2.41. The number of β-amino-alcohol motifs (C(OH)–C–C–N with tert-alkyl or cyclic N) is 1. The highest BCUT2D eigenvalue weighted by atomic mass is 16.3. The third kappa shape index (κ3) is 3.36. The second-order valence-corrected chi connectivity index (χ2v) is 5.62. The van der Waals surface area contributed by atoms with Crippen LogP contribution >= 0.6 is 0 Å². The number of carbonyl (C=O) groups is 1. The molecule has 5 heteroatoms. The van der Waals surface area contributed by atoms with Crippen LogP contribution in [0, 0.1) is 0 Å². The lowest BCUT2D eigenvalue weighted by Gasteiger charge is -2.27. The molecule has 2 atom stereocenters. The van der Waals surface area contributed by atoms with Gasteiger partial charge in [0.15, 0.2) is 0 Å². The number of aliphatic hydroxyl groups is 2. The number of hydrogen-bond donors (Lipinski definition) is 2. The van der Waals surface area contributed by atoms with Gasteiger partial charge in [-0.25, -0.2) is 0 Å². The quantitative estimate of drug-likeness (QED) is 0.832.